The number of aromatic nitrogens is 5. The minimum atomic E-state index is -1.01. The molecule has 10 nitrogen and oxygen atoms in total. The number of aryl methyl sites for hydroxylation is 1. The zero-order valence-corrected chi connectivity index (χ0v) is 19.0. The number of carbonyl (C=O) groups is 1. The predicted molar refractivity (Wildman–Crippen MR) is 132 cm³/mol. The zero-order valence-electron chi connectivity index (χ0n) is 19.0. The lowest BCUT2D eigenvalue weighted by Crippen LogP contribution is -2.23. The van der Waals surface area contributed by atoms with Gasteiger partial charge in [0.25, 0.3) is 5.89 Å². The lowest BCUT2D eigenvalue weighted by atomic mass is 10.0. The van der Waals surface area contributed by atoms with Gasteiger partial charge in [-0.25, -0.2) is 9.78 Å². The number of nitrogens with zero attached hydrogens (tertiary/aromatic N) is 6. The van der Waals surface area contributed by atoms with Crippen molar-refractivity contribution in [3.63, 3.8) is 0 Å². The number of hydrogen-bond acceptors (Lipinski definition) is 7. The summed E-state index contributed by atoms with van der Waals surface area (Å²) in [6.45, 7) is 1.56. The molecule has 0 aliphatic rings. The molecule has 35 heavy (non-hydrogen) atoms. The van der Waals surface area contributed by atoms with Gasteiger partial charge in [-0.15, -0.1) is 10.2 Å². The summed E-state index contributed by atoms with van der Waals surface area (Å²) >= 11 is 0. The molecular weight excluding hydrogens is 446 g/mol. The van der Waals surface area contributed by atoms with Gasteiger partial charge in [-0.2, -0.15) is 0 Å². The first-order valence-electron chi connectivity index (χ1n) is 11.1. The first kappa shape index (κ1) is 22.1. The molecule has 0 radical (unpaired) electrons. The molecule has 1 amide bonds. The van der Waals surface area contributed by atoms with E-state index >= 15 is 0 Å². The van der Waals surface area contributed by atoms with Crippen LogP contribution in [0.1, 0.15) is 6.42 Å². The number of benzene rings is 2. The van der Waals surface area contributed by atoms with Crippen LogP contribution in [-0.2, 0) is 6.54 Å². The molecule has 2 N–H and O–H groups in total. The van der Waals surface area contributed by atoms with Crippen molar-refractivity contribution in [1.82, 2.24) is 24.7 Å². The molecule has 3 aromatic heterocycles. The van der Waals surface area contributed by atoms with Crippen molar-refractivity contribution in [2.45, 2.75) is 13.0 Å². The Hall–Kier alpha value is -4.73. The largest absolute Gasteiger partial charge is 0.465 e. The molecule has 0 fully saturated rings. The van der Waals surface area contributed by atoms with Gasteiger partial charge in [-0.1, -0.05) is 18.2 Å². The molecule has 3 heterocycles. The number of nitrogens with one attached hydrogen (secondary N) is 1. The lowest BCUT2D eigenvalue weighted by Gasteiger charge is -2.15. The monoisotopic (exact) mass is 469 g/mol. The normalized spacial score (nSPS) is 11.0. The third kappa shape index (κ3) is 4.67. The highest BCUT2D eigenvalue weighted by Gasteiger charge is 2.16. The summed E-state index contributed by atoms with van der Waals surface area (Å²) in [4.78, 5) is 21.1. The van der Waals surface area contributed by atoms with Crippen LogP contribution in [0.15, 0.2) is 78.2 Å². The van der Waals surface area contributed by atoms with Crippen LogP contribution in [0, 0.1) is 0 Å². The summed E-state index contributed by atoms with van der Waals surface area (Å²) in [6.07, 6.45) is 8.44. The van der Waals surface area contributed by atoms with Gasteiger partial charge in [0.2, 0.25) is 6.39 Å². The minimum absolute atomic E-state index is 0.392. The fourth-order valence-electron chi connectivity index (χ4n) is 3.90. The van der Waals surface area contributed by atoms with Gasteiger partial charge in [0, 0.05) is 49.8 Å². The number of pyridine rings is 1. The van der Waals surface area contributed by atoms with E-state index in [2.05, 4.69) is 31.5 Å². The molecule has 5 aromatic rings. The van der Waals surface area contributed by atoms with E-state index in [1.807, 2.05) is 35.0 Å². The molecule has 0 aliphatic heterocycles. The van der Waals surface area contributed by atoms with Gasteiger partial charge >= 0.3 is 6.09 Å². The minimum Gasteiger partial charge on any atom is -0.465 e. The van der Waals surface area contributed by atoms with Crippen LogP contribution in [0.25, 0.3) is 33.5 Å². The maximum Gasteiger partial charge on any atom is 0.411 e. The summed E-state index contributed by atoms with van der Waals surface area (Å²) in [5.41, 5.74) is 4.97. The Morgan fingerprint density at radius 3 is 2.71 bits per heavy atom. The third-order valence-corrected chi connectivity index (χ3v) is 5.79. The van der Waals surface area contributed by atoms with Gasteiger partial charge in [-0.3, -0.25) is 9.88 Å². The van der Waals surface area contributed by atoms with E-state index in [0.717, 1.165) is 52.8 Å². The van der Waals surface area contributed by atoms with Crippen molar-refractivity contribution in [1.29, 1.82) is 0 Å². The Kier molecular flexibility index (Phi) is 6.08. The summed E-state index contributed by atoms with van der Waals surface area (Å²) in [5.74, 6) is 0.392. The van der Waals surface area contributed by atoms with Crippen molar-refractivity contribution in [3.05, 3.63) is 73.8 Å². The summed E-state index contributed by atoms with van der Waals surface area (Å²) < 4.78 is 7.51. The van der Waals surface area contributed by atoms with Gasteiger partial charge in [0.05, 0.1) is 23.1 Å². The molecule has 0 saturated heterocycles. The van der Waals surface area contributed by atoms with E-state index < -0.39 is 6.09 Å². The molecule has 176 valence electrons. The van der Waals surface area contributed by atoms with Crippen LogP contribution in [0.3, 0.4) is 0 Å². The van der Waals surface area contributed by atoms with Gasteiger partial charge in [0.1, 0.15) is 0 Å². The zero-order chi connectivity index (χ0) is 24.2. The van der Waals surface area contributed by atoms with Crippen molar-refractivity contribution >= 4 is 28.4 Å². The quantitative estimate of drug-likeness (QED) is 0.312. The maximum atomic E-state index is 11.2. The average molecular weight is 470 g/mol. The van der Waals surface area contributed by atoms with Crippen molar-refractivity contribution in [2.24, 2.45) is 0 Å². The highest BCUT2D eigenvalue weighted by molar-refractivity contribution is 6.00. The molecule has 0 spiro atoms. The third-order valence-electron chi connectivity index (χ3n) is 5.79. The maximum absolute atomic E-state index is 11.2. The molecule has 10 heteroatoms. The molecule has 2 aromatic carbocycles. The van der Waals surface area contributed by atoms with E-state index in [1.165, 1.54) is 18.3 Å². The number of amides is 1. The predicted octanol–water partition coefficient (Wildman–Crippen LogP) is 4.76. The van der Waals surface area contributed by atoms with Crippen LogP contribution < -0.4 is 10.2 Å². The van der Waals surface area contributed by atoms with Gasteiger partial charge in [0.15, 0.2) is 0 Å². The topological polar surface area (TPSA) is 122 Å². The molecule has 0 saturated carbocycles. The standard InChI is InChI=1S/C25H23N7O3/c1-31(25(33)34)19-6-3-17(4-7-19)18-5-8-22-20(13-18)23(21(14-28-22)24-30-29-16-35-24)27-9-2-11-32-12-10-26-15-32/h3-8,10,12-16H,2,9,11H2,1H3,(H,27,28)(H,33,34). The summed E-state index contributed by atoms with van der Waals surface area (Å²) in [7, 11) is 1.52. The number of imidazole rings is 1. The Bertz CT molecular complexity index is 1430. The second-order valence-electron chi connectivity index (χ2n) is 7.99. The average Bonchev–Trinajstić information content (AvgIpc) is 3.60. The Morgan fingerprint density at radius 1 is 1.17 bits per heavy atom. The van der Waals surface area contributed by atoms with E-state index in [9.17, 15) is 9.90 Å². The Labute approximate surface area is 200 Å². The van der Waals surface area contributed by atoms with Crippen LogP contribution in [0.2, 0.25) is 0 Å². The number of anilines is 2. The van der Waals surface area contributed by atoms with Crippen molar-refractivity contribution in [3.8, 4) is 22.6 Å². The number of rotatable bonds is 8. The SMILES string of the molecule is CN(C(=O)O)c1ccc(-c2ccc3ncc(-c4nnco4)c(NCCCn4ccnc4)c3c2)cc1. The fraction of sp³-hybridized carbons (Fsp3) is 0.160. The fourth-order valence-corrected chi connectivity index (χ4v) is 3.90. The smallest absolute Gasteiger partial charge is 0.411 e. The highest BCUT2D eigenvalue weighted by Crippen LogP contribution is 2.35. The van der Waals surface area contributed by atoms with E-state index in [0.29, 0.717) is 11.6 Å². The Morgan fingerprint density at radius 2 is 2.00 bits per heavy atom. The van der Waals surface area contributed by atoms with E-state index in [1.54, 1.807) is 30.9 Å². The van der Waals surface area contributed by atoms with Crippen molar-refractivity contribution < 1.29 is 14.3 Å². The molecule has 0 unspecified atom stereocenters. The molecule has 5 rings (SSSR count). The Balaban J connectivity index is 1.49. The van der Waals surface area contributed by atoms with Gasteiger partial charge in [-0.05, 0) is 41.8 Å². The van der Waals surface area contributed by atoms with Crippen LogP contribution >= 0.6 is 0 Å². The van der Waals surface area contributed by atoms with Crippen LogP contribution in [0.4, 0.5) is 16.2 Å². The number of fused-ring (bicyclic) bond motifs is 1. The van der Waals surface area contributed by atoms with E-state index in [-0.39, 0.29) is 0 Å². The van der Waals surface area contributed by atoms with Gasteiger partial charge < -0.3 is 19.4 Å². The second kappa shape index (κ2) is 9.64. The molecule has 0 bridgehead atoms. The number of hydrogen-bond donors (Lipinski definition) is 2. The molecular formula is C25H23N7O3. The van der Waals surface area contributed by atoms with E-state index in [4.69, 9.17) is 4.42 Å². The summed E-state index contributed by atoms with van der Waals surface area (Å²) in [5, 5.41) is 21.6. The van der Waals surface area contributed by atoms with Crippen molar-refractivity contribution in [2.75, 3.05) is 23.8 Å². The lowest BCUT2D eigenvalue weighted by molar-refractivity contribution is 0.203. The van der Waals surface area contributed by atoms with Crippen LogP contribution in [-0.4, -0.2) is 49.5 Å². The highest BCUT2D eigenvalue weighted by atomic mass is 16.4. The first-order valence-corrected chi connectivity index (χ1v) is 11.1. The molecule has 0 atom stereocenters. The first-order chi connectivity index (χ1) is 17.1. The number of carboxylic acid groups (broad SMARTS) is 1. The second-order valence-corrected chi connectivity index (χ2v) is 7.99. The molecule has 0 aliphatic carbocycles. The van der Waals surface area contributed by atoms with Crippen LogP contribution in [0.5, 0.6) is 0 Å². The summed E-state index contributed by atoms with van der Waals surface area (Å²) in [6, 6.07) is 13.4.